The molecule has 16 heavy (non-hydrogen) atoms. The Morgan fingerprint density at radius 3 is 2.81 bits per heavy atom. The molecule has 0 aromatic heterocycles. The number of carboxylic acid groups (broad SMARTS) is 1. The van der Waals surface area contributed by atoms with Crippen LogP contribution in [0.15, 0.2) is 0 Å². The fourth-order valence-electron chi connectivity index (χ4n) is 1.95. The van der Waals surface area contributed by atoms with Crippen LogP contribution in [-0.2, 0) is 9.53 Å². The second-order valence-corrected chi connectivity index (χ2v) is 5.27. The molecule has 1 N–H and O–H groups in total. The minimum Gasteiger partial charge on any atom is -0.481 e. The quantitative estimate of drug-likeness (QED) is 0.778. The minimum absolute atomic E-state index is 0.307. The van der Waals surface area contributed by atoms with Crippen LogP contribution in [0.25, 0.3) is 0 Å². The van der Waals surface area contributed by atoms with Crippen molar-refractivity contribution in [3.8, 4) is 0 Å². The lowest BCUT2D eigenvalue weighted by atomic mass is 9.88. The summed E-state index contributed by atoms with van der Waals surface area (Å²) >= 11 is 0. The number of hydrogen-bond acceptors (Lipinski definition) is 3. The summed E-state index contributed by atoms with van der Waals surface area (Å²) in [6.07, 6.45) is 1.97. The highest BCUT2D eigenvalue weighted by Crippen LogP contribution is 2.22. The first-order valence-electron chi connectivity index (χ1n) is 5.99. The summed E-state index contributed by atoms with van der Waals surface area (Å²) in [5.74, 6) is -0.706. The van der Waals surface area contributed by atoms with Crippen molar-refractivity contribution in [2.45, 2.75) is 39.7 Å². The number of nitrogens with zero attached hydrogens (tertiary/aromatic N) is 1. The Bertz CT molecular complexity index is 240. The van der Waals surface area contributed by atoms with Gasteiger partial charge >= 0.3 is 5.97 Å². The van der Waals surface area contributed by atoms with Gasteiger partial charge in [0.05, 0.1) is 18.1 Å². The maximum atomic E-state index is 10.9. The fourth-order valence-corrected chi connectivity index (χ4v) is 1.95. The van der Waals surface area contributed by atoms with Crippen LogP contribution in [0, 0.1) is 5.41 Å². The maximum absolute atomic E-state index is 10.9. The van der Waals surface area contributed by atoms with Crippen LogP contribution in [0.3, 0.4) is 0 Å². The summed E-state index contributed by atoms with van der Waals surface area (Å²) in [4.78, 5) is 13.3. The molecule has 1 atom stereocenters. The summed E-state index contributed by atoms with van der Waals surface area (Å²) in [7, 11) is 0. The van der Waals surface area contributed by atoms with E-state index >= 15 is 0 Å². The van der Waals surface area contributed by atoms with Gasteiger partial charge in [-0.2, -0.15) is 0 Å². The highest BCUT2D eigenvalue weighted by molar-refractivity contribution is 5.73. The Hall–Kier alpha value is -0.610. The van der Waals surface area contributed by atoms with Gasteiger partial charge in [-0.1, -0.05) is 0 Å². The first-order valence-corrected chi connectivity index (χ1v) is 5.99. The molecule has 0 saturated carbocycles. The fraction of sp³-hybridized carbons (Fsp3) is 0.917. The van der Waals surface area contributed by atoms with Crippen molar-refractivity contribution in [2.75, 3.05) is 26.2 Å². The van der Waals surface area contributed by atoms with Crippen molar-refractivity contribution in [1.82, 2.24) is 4.90 Å². The van der Waals surface area contributed by atoms with Gasteiger partial charge in [-0.3, -0.25) is 9.69 Å². The van der Waals surface area contributed by atoms with E-state index in [2.05, 4.69) is 11.8 Å². The molecule has 0 aromatic carbocycles. The van der Waals surface area contributed by atoms with E-state index in [1.807, 2.05) is 0 Å². The van der Waals surface area contributed by atoms with Gasteiger partial charge in [-0.05, 0) is 40.2 Å². The van der Waals surface area contributed by atoms with Gasteiger partial charge in [0.25, 0.3) is 0 Å². The third-order valence-corrected chi connectivity index (χ3v) is 3.18. The SMILES string of the molecule is CC1CN(CCCC(C)(C)C(=O)O)CCO1. The van der Waals surface area contributed by atoms with Crippen LogP contribution in [0.1, 0.15) is 33.6 Å². The maximum Gasteiger partial charge on any atom is 0.309 e. The molecule has 1 aliphatic rings. The molecule has 0 bridgehead atoms. The van der Waals surface area contributed by atoms with E-state index in [1.165, 1.54) is 0 Å². The van der Waals surface area contributed by atoms with Crippen molar-refractivity contribution in [2.24, 2.45) is 5.41 Å². The zero-order valence-corrected chi connectivity index (χ0v) is 10.5. The van der Waals surface area contributed by atoms with Gasteiger partial charge < -0.3 is 9.84 Å². The molecule has 1 saturated heterocycles. The molecule has 1 rings (SSSR count). The average Bonchev–Trinajstić information content (AvgIpc) is 2.17. The Morgan fingerprint density at radius 1 is 1.56 bits per heavy atom. The monoisotopic (exact) mass is 229 g/mol. The number of rotatable bonds is 5. The van der Waals surface area contributed by atoms with Gasteiger partial charge in [-0.15, -0.1) is 0 Å². The van der Waals surface area contributed by atoms with Gasteiger partial charge in [0.1, 0.15) is 0 Å². The van der Waals surface area contributed by atoms with E-state index in [1.54, 1.807) is 13.8 Å². The van der Waals surface area contributed by atoms with E-state index in [9.17, 15) is 4.79 Å². The minimum atomic E-state index is -0.706. The van der Waals surface area contributed by atoms with Crippen LogP contribution >= 0.6 is 0 Å². The van der Waals surface area contributed by atoms with Crippen molar-refractivity contribution in [3.05, 3.63) is 0 Å². The van der Waals surface area contributed by atoms with E-state index in [-0.39, 0.29) is 0 Å². The van der Waals surface area contributed by atoms with E-state index in [4.69, 9.17) is 9.84 Å². The van der Waals surface area contributed by atoms with E-state index < -0.39 is 11.4 Å². The predicted octanol–water partition coefficient (Wildman–Crippen LogP) is 1.60. The standard InChI is InChI=1S/C12H23NO3/c1-10-9-13(7-8-16-10)6-4-5-12(2,3)11(14)15/h10H,4-9H2,1-3H3,(H,14,15). The molecular weight excluding hydrogens is 206 g/mol. The topological polar surface area (TPSA) is 49.8 Å². The average molecular weight is 229 g/mol. The lowest BCUT2D eigenvalue weighted by Crippen LogP contribution is -2.41. The van der Waals surface area contributed by atoms with Gasteiger partial charge in [0, 0.05) is 13.1 Å². The third kappa shape index (κ3) is 4.10. The summed E-state index contributed by atoms with van der Waals surface area (Å²) in [6, 6.07) is 0. The number of aliphatic carboxylic acids is 1. The normalized spacial score (nSPS) is 23.3. The van der Waals surface area contributed by atoms with Gasteiger partial charge in [-0.25, -0.2) is 0 Å². The van der Waals surface area contributed by atoms with Gasteiger partial charge in [0.2, 0.25) is 0 Å². The second-order valence-electron chi connectivity index (χ2n) is 5.27. The van der Waals surface area contributed by atoms with E-state index in [0.29, 0.717) is 6.10 Å². The Kier molecular flexibility index (Phi) is 4.74. The lowest BCUT2D eigenvalue weighted by molar-refractivity contribution is -0.147. The van der Waals surface area contributed by atoms with Crippen molar-refractivity contribution < 1.29 is 14.6 Å². The van der Waals surface area contributed by atoms with Crippen molar-refractivity contribution in [3.63, 3.8) is 0 Å². The number of ether oxygens (including phenoxy) is 1. The largest absolute Gasteiger partial charge is 0.481 e. The number of morpholine rings is 1. The molecule has 4 heteroatoms. The summed E-state index contributed by atoms with van der Waals surface area (Å²) in [5, 5.41) is 8.99. The molecule has 0 aliphatic carbocycles. The van der Waals surface area contributed by atoms with Crippen LogP contribution in [-0.4, -0.2) is 48.3 Å². The Labute approximate surface area is 97.6 Å². The molecule has 0 amide bonds. The van der Waals surface area contributed by atoms with Crippen molar-refractivity contribution >= 4 is 5.97 Å². The Balaban J connectivity index is 2.22. The van der Waals surface area contributed by atoms with E-state index in [0.717, 1.165) is 39.1 Å². The molecule has 94 valence electrons. The lowest BCUT2D eigenvalue weighted by Gasteiger charge is -2.31. The summed E-state index contributed by atoms with van der Waals surface area (Å²) < 4.78 is 5.46. The smallest absolute Gasteiger partial charge is 0.309 e. The highest BCUT2D eigenvalue weighted by Gasteiger charge is 2.26. The second kappa shape index (κ2) is 5.64. The summed E-state index contributed by atoms with van der Waals surface area (Å²) in [6.45, 7) is 9.36. The van der Waals surface area contributed by atoms with Gasteiger partial charge in [0.15, 0.2) is 0 Å². The first kappa shape index (κ1) is 13.5. The molecule has 1 unspecified atom stereocenters. The molecule has 0 aromatic rings. The van der Waals surface area contributed by atoms with Crippen LogP contribution in [0.4, 0.5) is 0 Å². The molecule has 0 radical (unpaired) electrons. The summed E-state index contributed by atoms with van der Waals surface area (Å²) in [5.41, 5.74) is -0.599. The molecule has 1 aliphatic heterocycles. The Morgan fingerprint density at radius 2 is 2.25 bits per heavy atom. The number of carboxylic acids is 1. The van der Waals surface area contributed by atoms with Crippen LogP contribution in [0.2, 0.25) is 0 Å². The molecular formula is C12H23NO3. The molecule has 1 fully saturated rings. The molecule has 4 nitrogen and oxygen atoms in total. The molecule has 0 spiro atoms. The van der Waals surface area contributed by atoms with Crippen LogP contribution < -0.4 is 0 Å². The predicted molar refractivity (Wildman–Crippen MR) is 62.5 cm³/mol. The van der Waals surface area contributed by atoms with Crippen LogP contribution in [0.5, 0.6) is 0 Å². The number of carbonyl (C=O) groups is 1. The first-order chi connectivity index (χ1) is 7.42. The third-order valence-electron chi connectivity index (χ3n) is 3.18. The highest BCUT2D eigenvalue weighted by atomic mass is 16.5. The number of hydrogen-bond donors (Lipinski definition) is 1. The molecule has 1 heterocycles. The van der Waals surface area contributed by atoms with Crippen molar-refractivity contribution in [1.29, 1.82) is 0 Å². The zero-order chi connectivity index (χ0) is 12.2. The zero-order valence-electron chi connectivity index (χ0n) is 10.5.